The molecule has 9 heteroatoms. The van der Waals surface area contributed by atoms with Crippen LogP contribution >= 0.6 is 23.2 Å². The molecule has 2 aromatic rings. The number of nitrogens with one attached hydrogen (secondary N) is 1. The Morgan fingerprint density at radius 1 is 1.17 bits per heavy atom. The first-order chi connectivity index (χ1) is 10.7. The van der Waals surface area contributed by atoms with Gasteiger partial charge < -0.3 is 10.1 Å². The maximum absolute atomic E-state index is 12.3. The van der Waals surface area contributed by atoms with Crippen LogP contribution in [0.4, 0.5) is 5.69 Å². The Bertz CT molecular complexity index is 869. The van der Waals surface area contributed by atoms with Crippen LogP contribution < -0.4 is 15.2 Å². The van der Waals surface area contributed by atoms with Crippen LogP contribution in [0.15, 0.2) is 41.3 Å². The number of benzene rings is 2. The highest BCUT2D eigenvalue weighted by Gasteiger charge is 2.18. The van der Waals surface area contributed by atoms with Crippen molar-refractivity contribution < 1.29 is 17.9 Å². The van der Waals surface area contributed by atoms with Gasteiger partial charge in [-0.25, -0.2) is 13.6 Å². The summed E-state index contributed by atoms with van der Waals surface area (Å²) in [4.78, 5) is 12.0. The molecule has 0 aromatic heterocycles. The maximum Gasteiger partial charge on any atom is 0.255 e. The number of amides is 1. The minimum Gasteiger partial charge on any atom is -0.495 e. The van der Waals surface area contributed by atoms with Gasteiger partial charge in [0.15, 0.2) is 0 Å². The summed E-state index contributed by atoms with van der Waals surface area (Å²) < 4.78 is 28.1. The molecule has 3 N–H and O–H groups in total. The van der Waals surface area contributed by atoms with E-state index in [9.17, 15) is 13.2 Å². The van der Waals surface area contributed by atoms with Gasteiger partial charge in [-0.2, -0.15) is 0 Å². The number of carbonyl (C=O) groups excluding carboxylic acids is 1. The molecular formula is C14H12Cl2N2O4S. The van der Waals surface area contributed by atoms with E-state index in [-0.39, 0.29) is 16.2 Å². The molecule has 0 aliphatic rings. The van der Waals surface area contributed by atoms with Crippen molar-refractivity contribution >= 4 is 44.8 Å². The summed E-state index contributed by atoms with van der Waals surface area (Å²) in [5.41, 5.74) is 0.378. The van der Waals surface area contributed by atoms with Crippen molar-refractivity contribution in [3.05, 3.63) is 52.0 Å². The van der Waals surface area contributed by atoms with Gasteiger partial charge in [-0.05, 0) is 36.4 Å². The molecule has 0 saturated carbocycles. The molecule has 0 bridgehead atoms. The fourth-order valence-corrected chi connectivity index (χ4v) is 2.89. The predicted octanol–water partition coefficient (Wildman–Crippen LogP) is 2.90. The summed E-state index contributed by atoms with van der Waals surface area (Å²) in [7, 11) is -2.74. The van der Waals surface area contributed by atoms with Gasteiger partial charge in [-0.3, -0.25) is 4.79 Å². The third kappa shape index (κ3) is 4.14. The molecule has 2 rings (SSSR count). The fraction of sp³-hybridized carbons (Fsp3) is 0.0714. The molecule has 6 nitrogen and oxygen atoms in total. The lowest BCUT2D eigenvalue weighted by molar-refractivity contribution is 0.102. The largest absolute Gasteiger partial charge is 0.495 e. The van der Waals surface area contributed by atoms with Gasteiger partial charge in [0.1, 0.15) is 10.6 Å². The maximum atomic E-state index is 12.3. The number of ether oxygens (including phenoxy) is 1. The molecule has 0 aliphatic carbocycles. The molecule has 23 heavy (non-hydrogen) atoms. The van der Waals surface area contributed by atoms with Crippen molar-refractivity contribution in [2.45, 2.75) is 4.90 Å². The normalized spacial score (nSPS) is 11.1. The number of anilines is 1. The second-order valence-electron chi connectivity index (χ2n) is 4.49. The van der Waals surface area contributed by atoms with E-state index in [0.29, 0.717) is 15.7 Å². The van der Waals surface area contributed by atoms with Gasteiger partial charge in [0.2, 0.25) is 10.0 Å². The SMILES string of the molecule is COc1ccc(C(=O)Nc2cc(Cl)ccc2Cl)cc1S(N)(=O)=O. The Balaban J connectivity index is 2.38. The topological polar surface area (TPSA) is 98.5 Å². The standard InChI is InChI=1S/C14H12Cl2N2O4S/c1-22-12-5-2-8(6-13(12)23(17,20)21)14(19)18-11-7-9(15)3-4-10(11)16/h2-7H,1H3,(H,18,19)(H2,17,20,21). The lowest BCUT2D eigenvalue weighted by Gasteiger charge is -2.10. The van der Waals surface area contributed by atoms with Gasteiger partial charge in [0, 0.05) is 10.6 Å². The lowest BCUT2D eigenvalue weighted by Crippen LogP contribution is -2.17. The minimum absolute atomic E-state index is 0.0461. The summed E-state index contributed by atoms with van der Waals surface area (Å²) >= 11 is 11.8. The first-order valence-electron chi connectivity index (χ1n) is 6.19. The predicted molar refractivity (Wildman–Crippen MR) is 88.8 cm³/mol. The Morgan fingerprint density at radius 2 is 1.87 bits per heavy atom. The highest BCUT2D eigenvalue weighted by atomic mass is 35.5. The van der Waals surface area contributed by atoms with Crippen molar-refractivity contribution in [3.63, 3.8) is 0 Å². The molecule has 122 valence electrons. The van der Waals surface area contributed by atoms with E-state index in [1.807, 2.05) is 0 Å². The van der Waals surface area contributed by atoms with Crippen LogP contribution in [0, 0.1) is 0 Å². The van der Waals surface area contributed by atoms with Crippen LogP contribution in [0.3, 0.4) is 0 Å². The van der Waals surface area contributed by atoms with Gasteiger partial charge in [-0.1, -0.05) is 23.2 Å². The molecule has 2 aromatic carbocycles. The zero-order chi connectivity index (χ0) is 17.2. The second kappa shape index (κ2) is 6.76. The number of nitrogens with two attached hydrogens (primary N) is 1. The van der Waals surface area contributed by atoms with E-state index in [0.717, 1.165) is 6.07 Å². The Morgan fingerprint density at radius 3 is 2.48 bits per heavy atom. The zero-order valence-corrected chi connectivity index (χ0v) is 14.2. The number of primary sulfonamides is 1. The number of hydrogen-bond donors (Lipinski definition) is 2. The van der Waals surface area contributed by atoms with Crippen LogP contribution in [0.1, 0.15) is 10.4 Å². The number of methoxy groups -OCH3 is 1. The fourth-order valence-electron chi connectivity index (χ4n) is 1.83. The highest BCUT2D eigenvalue weighted by Crippen LogP contribution is 2.27. The first-order valence-corrected chi connectivity index (χ1v) is 8.50. The zero-order valence-electron chi connectivity index (χ0n) is 11.8. The minimum atomic E-state index is -4.04. The average Bonchev–Trinajstić information content (AvgIpc) is 2.49. The monoisotopic (exact) mass is 374 g/mol. The van der Waals surface area contributed by atoms with Crippen LogP contribution in [0.5, 0.6) is 5.75 Å². The highest BCUT2D eigenvalue weighted by molar-refractivity contribution is 7.89. The van der Waals surface area contributed by atoms with Crippen LogP contribution in [-0.4, -0.2) is 21.4 Å². The summed E-state index contributed by atoms with van der Waals surface area (Å²) in [6.45, 7) is 0. The number of carbonyl (C=O) groups is 1. The third-order valence-electron chi connectivity index (χ3n) is 2.91. The van der Waals surface area contributed by atoms with Gasteiger partial charge in [0.05, 0.1) is 17.8 Å². The first kappa shape index (κ1) is 17.6. The molecule has 0 spiro atoms. The number of rotatable bonds is 4. The van der Waals surface area contributed by atoms with Crippen molar-refractivity contribution in [1.29, 1.82) is 0 Å². The summed E-state index contributed by atoms with van der Waals surface area (Å²) in [5, 5.41) is 8.36. The lowest BCUT2D eigenvalue weighted by atomic mass is 10.2. The molecule has 0 radical (unpaired) electrons. The summed E-state index contributed by atoms with van der Waals surface area (Å²) in [6, 6.07) is 8.46. The molecule has 1 amide bonds. The van der Waals surface area contributed by atoms with Crippen molar-refractivity contribution in [2.75, 3.05) is 12.4 Å². The molecule has 0 heterocycles. The molecule has 0 unspecified atom stereocenters. The van der Waals surface area contributed by atoms with Gasteiger partial charge in [-0.15, -0.1) is 0 Å². The van der Waals surface area contributed by atoms with Crippen LogP contribution in [0.2, 0.25) is 10.0 Å². The summed E-state index contributed by atoms with van der Waals surface area (Å²) in [6.07, 6.45) is 0. The van der Waals surface area contributed by atoms with Gasteiger partial charge in [0.25, 0.3) is 5.91 Å². The number of sulfonamides is 1. The molecule has 0 aliphatic heterocycles. The van der Waals surface area contributed by atoms with Crippen molar-refractivity contribution in [2.24, 2.45) is 5.14 Å². The molecular weight excluding hydrogens is 363 g/mol. The van der Waals surface area contributed by atoms with Gasteiger partial charge >= 0.3 is 0 Å². The Kier molecular flexibility index (Phi) is 5.16. The number of halogens is 2. The van der Waals surface area contributed by atoms with Crippen LogP contribution in [0.25, 0.3) is 0 Å². The van der Waals surface area contributed by atoms with E-state index in [1.54, 1.807) is 6.07 Å². The molecule has 0 atom stereocenters. The second-order valence-corrected chi connectivity index (χ2v) is 6.86. The van der Waals surface area contributed by atoms with E-state index in [1.165, 1.54) is 31.4 Å². The van der Waals surface area contributed by atoms with Crippen LogP contribution in [-0.2, 0) is 10.0 Å². The molecule has 0 fully saturated rings. The van der Waals surface area contributed by atoms with E-state index < -0.39 is 15.9 Å². The summed E-state index contributed by atoms with van der Waals surface area (Å²) in [5.74, 6) is -0.522. The van der Waals surface area contributed by atoms with Crippen molar-refractivity contribution in [1.82, 2.24) is 0 Å². The Hall–Kier alpha value is -1.80. The Labute approximate surface area is 143 Å². The molecule has 0 saturated heterocycles. The van der Waals surface area contributed by atoms with E-state index in [2.05, 4.69) is 5.32 Å². The average molecular weight is 375 g/mol. The third-order valence-corrected chi connectivity index (χ3v) is 4.41. The quantitative estimate of drug-likeness (QED) is 0.859. The van der Waals surface area contributed by atoms with E-state index in [4.69, 9.17) is 33.1 Å². The van der Waals surface area contributed by atoms with E-state index >= 15 is 0 Å². The van der Waals surface area contributed by atoms with Crippen molar-refractivity contribution in [3.8, 4) is 5.75 Å². The number of hydrogen-bond acceptors (Lipinski definition) is 4. The smallest absolute Gasteiger partial charge is 0.255 e.